The lowest BCUT2D eigenvalue weighted by Gasteiger charge is -2.31. The number of pyridine rings is 1. The normalized spacial score (nSPS) is 18.9. The fourth-order valence-corrected chi connectivity index (χ4v) is 3.99. The van der Waals surface area contributed by atoms with Crippen LogP contribution in [-0.2, 0) is 4.79 Å². The van der Waals surface area contributed by atoms with Gasteiger partial charge in [0.25, 0.3) is 0 Å². The molecule has 0 aliphatic carbocycles. The zero-order valence-corrected chi connectivity index (χ0v) is 14.8. The largest absolute Gasteiger partial charge is 0.480 e. The van der Waals surface area contributed by atoms with Gasteiger partial charge in [-0.25, -0.2) is 0 Å². The van der Waals surface area contributed by atoms with Gasteiger partial charge >= 0.3 is 5.97 Å². The van der Waals surface area contributed by atoms with Gasteiger partial charge in [-0.05, 0) is 54.3 Å². The van der Waals surface area contributed by atoms with Crippen molar-refractivity contribution in [3.8, 4) is 0 Å². The first-order valence-electron chi connectivity index (χ1n) is 9.04. The fraction of sp³-hybridized carbons (Fsp3) is 0.273. The van der Waals surface area contributed by atoms with E-state index in [0.717, 1.165) is 35.3 Å². The summed E-state index contributed by atoms with van der Waals surface area (Å²) in [6, 6.07) is 20.0. The average molecular weight is 346 g/mol. The van der Waals surface area contributed by atoms with Crippen LogP contribution in [-0.4, -0.2) is 33.5 Å². The van der Waals surface area contributed by atoms with Crippen molar-refractivity contribution in [3.05, 3.63) is 77.6 Å². The number of fused-ring (bicyclic) bond motifs is 1. The molecule has 2 aromatic carbocycles. The third-order valence-corrected chi connectivity index (χ3v) is 5.19. The van der Waals surface area contributed by atoms with E-state index in [9.17, 15) is 9.90 Å². The topological polar surface area (TPSA) is 53.4 Å². The summed E-state index contributed by atoms with van der Waals surface area (Å²) in [5, 5.41) is 12.0. The minimum Gasteiger partial charge on any atom is -0.480 e. The van der Waals surface area contributed by atoms with Gasteiger partial charge < -0.3 is 5.11 Å². The Hall–Kier alpha value is -2.72. The molecule has 0 amide bonds. The zero-order chi connectivity index (χ0) is 18.1. The molecule has 26 heavy (non-hydrogen) atoms. The number of aryl methyl sites for hydroxylation is 1. The number of carboxylic acids is 1. The molecular formula is C22H22N2O2. The van der Waals surface area contributed by atoms with Crippen LogP contribution >= 0.6 is 0 Å². The van der Waals surface area contributed by atoms with E-state index < -0.39 is 12.0 Å². The van der Waals surface area contributed by atoms with Gasteiger partial charge in [-0.15, -0.1) is 0 Å². The van der Waals surface area contributed by atoms with Crippen molar-refractivity contribution >= 4 is 16.7 Å². The average Bonchev–Trinajstić information content (AvgIpc) is 3.11. The number of carboxylic acid groups (broad SMARTS) is 1. The first-order chi connectivity index (χ1) is 12.6. The highest BCUT2D eigenvalue weighted by atomic mass is 16.4. The van der Waals surface area contributed by atoms with Crippen LogP contribution in [0.4, 0.5) is 0 Å². The van der Waals surface area contributed by atoms with Crippen LogP contribution in [0.2, 0.25) is 0 Å². The maximum atomic E-state index is 11.8. The van der Waals surface area contributed by atoms with Crippen molar-refractivity contribution in [1.29, 1.82) is 0 Å². The highest BCUT2D eigenvalue weighted by molar-refractivity contribution is 5.83. The molecule has 4 rings (SSSR count). The molecule has 1 fully saturated rings. The minimum absolute atomic E-state index is 0.150. The Bertz CT molecular complexity index is 954. The molecule has 4 heteroatoms. The lowest BCUT2D eigenvalue weighted by Crippen LogP contribution is -2.39. The number of hydrogen-bond acceptors (Lipinski definition) is 3. The molecule has 1 N–H and O–H groups in total. The summed E-state index contributed by atoms with van der Waals surface area (Å²) in [4.78, 5) is 18.6. The maximum Gasteiger partial charge on any atom is 0.320 e. The van der Waals surface area contributed by atoms with Gasteiger partial charge in [0, 0.05) is 12.2 Å². The third kappa shape index (κ3) is 3.08. The molecule has 2 atom stereocenters. The molecule has 132 valence electrons. The summed E-state index contributed by atoms with van der Waals surface area (Å²) in [7, 11) is 0. The molecule has 1 aliphatic heterocycles. The maximum absolute atomic E-state index is 11.8. The molecule has 3 aromatic rings. The fourth-order valence-electron chi connectivity index (χ4n) is 3.99. The monoisotopic (exact) mass is 346 g/mol. The van der Waals surface area contributed by atoms with Gasteiger partial charge in [0.2, 0.25) is 0 Å². The third-order valence-electron chi connectivity index (χ3n) is 5.19. The van der Waals surface area contributed by atoms with Crippen molar-refractivity contribution in [3.63, 3.8) is 0 Å². The Labute approximate surface area is 153 Å². The van der Waals surface area contributed by atoms with Crippen LogP contribution in [0.5, 0.6) is 0 Å². The second kappa shape index (κ2) is 6.89. The lowest BCUT2D eigenvalue weighted by atomic mass is 9.97. The zero-order valence-electron chi connectivity index (χ0n) is 14.8. The molecule has 0 spiro atoms. The molecule has 0 radical (unpaired) electrons. The number of benzene rings is 2. The van der Waals surface area contributed by atoms with Gasteiger partial charge in [0.1, 0.15) is 6.04 Å². The standard InChI is InChI=1S/C22H22N2O2/c1-15-6-4-9-19(23-15)21(24-13-5-10-20(24)22(25)26)18-12-11-16-7-2-3-8-17(16)14-18/h2-4,6-9,11-12,14,20-21H,5,10,13H2,1H3,(H,25,26). The van der Waals surface area contributed by atoms with E-state index in [4.69, 9.17) is 4.98 Å². The van der Waals surface area contributed by atoms with E-state index in [1.165, 1.54) is 5.39 Å². The van der Waals surface area contributed by atoms with Crippen LogP contribution in [0.15, 0.2) is 60.7 Å². The van der Waals surface area contributed by atoms with E-state index in [1.54, 1.807) is 0 Å². The summed E-state index contributed by atoms with van der Waals surface area (Å²) in [5.74, 6) is -0.749. The van der Waals surface area contributed by atoms with E-state index in [0.29, 0.717) is 6.42 Å². The molecular weight excluding hydrogens is 324 g/mol. The first kappa shape index (κ1) is 16.7. The Balaban J connectivity index is 1.85. The Kier molecular flexibility index (Phi) is 4.43. The number of rotatable bonds is 4. The molecule has 0 bridgehead atoms. The van der Waals surface area contributed by atoms with Crippen LogP contribution in [0.3, 0.4) is 0 Å². The highest BCUT2D eigenvalue weighted by Crippen LogP contribution is 2.35. The Morgan fingerprint density at radius 2 is 1.92 bits per heavy atom. The predicted molar refractivity (Wildman–Crippen MR) is 102 cm³/mol. The smallest absolute Gasteiger partial charge is 0.320 e. The number of likely N-dealkylation sites (tertiary alicyclic amines) is 1. The van der Waals surface area contributed by atoms with E-state index in [-0.39, 0.29) is 6.04 Å². The van der Waals surface area contributed by atoms with Gasteiger partial charge in [0.05, 0.1) is 11.7 Å². The number of hydrogen-bond donors (Lipinski definition) is 1. The molecule has 4 nitrogen and oxygen atoms in total. The number of carbonyl (C=O) groups is 1. The predicted octanol–water partition coefficient (Wildman–Crippen LogP) is 4.18. The van der Waals surface area contributed by atoms with E-state index in [1.807, 2.05) is 37.3 Å². The number of aromatic nitrogens is 1. The summed E-state index contributed by atoms with van der Waals surface area (Å²) < 4.78 is 0. The number of aliphatic carboxylic acids is 1. The summed E-state index contributed by atoms with van der Waals surface area (Å²) in [6.07, 6.45) is 1.58. The SMILES string of the molecule is Cc1cccc(C(c2ccc3ccccc3c2)N2CCCC2C(=O)O)n1. The van der Waals surface area contributed by atoms with E-state index >= 15 is 0 Å². The van der Waals surface area contributed by atoms with Gasteiger partial charge in [-0.1, -0.05) is 42.5 Å². The molecule has 0 saturated carbocycles. The van der Waals surface area contributed by atoms with Gasteiger partial charge in [-0.3, -0.25) is 14.7 Å². The van der Waals surface area contributed by atoms with Crippen molar-refractivity contribution in [2.75, 3.05) is 6.54 Å². The van der Waals surface area contributed by atoms with Gasteiger partial charge in [-0.2, -0.15) is 0 Å². The minimum atomic E-state index is -0.749. The highest BCUT2D eigenvalue weighted by Gasteiger charge is 2.37. The summed E-state index contributed by atoms with van der Waals surface area (Å²) in [6.45, 7) is 2.74. The van der Waals surface area contributed by atoms with Crippen molar-refractivity contribution in [2.24, 2.45) is 0 Å². The van der Waals surface area contributed by atoms with Crippen molar-refractivity contribution in [1.82, 2.24) is 9.88 Å². The number of nitrogens with zero attached hydrogens (tertiary/aromatic N) is 2. The molecule has 1 saturated heterocycles. The van der Waals surface area contributed by atoms with Crippen LogP contribution in [0.1, 0.15) is 35.8 Å². The van der Waals surface area contributed by atoms with Crippen LogP contribution < -0.4 is 0 Å². The molecule has 1 aromatic heterocycles. The quantitative estimate of drug-likeness (QED) is 0.770. The van der Waals surface area contributed by atoms with Gasteiger partial charge in [0.15, 0.2) is 0 Å². The van der Waals surface area contributed by atoms with Crippen molar-refractivity contribution < 1.29 is 9.90 Å². The second-order valence-electron chi connectivity index (χ2n) is 6.95. The van der Waals surface area contributed by atoms with Crippen LogP contribution in [0, 0.1) is 6.92 Å². The molecule has 2 unspecified atom stereocenters. The molecule has 2 heterocycles. The van der Waals surface area contributed by atoms with Crippen LogP contribution in [0.25, 0.3) is 10.8 Å². The summed E-state index contributed by atoms with van der Waals surface area (Å²) >= 11 is 0. The van der Waals surface area contributed by atoms with Crippen molar-refractivity contribution in [2.45, 2.75) is 31.8 Å². The summed E-state index contributed by atoms with van der Waals surface area (Å²) in [5.41, 5.74) is 2.95. The first-order valence-corrected chi connectivity index (χ1v) is 9.04. The Morgan fingerprint density at radius 3 is 2.69 bits per heavy atom. The Morgan fingerprint density at radius 1 is 1.12 bits per heavy atom. The molecule has 1 aliphatic rings. The second-order valence-corrected chi connectivity index (χ2v) is 6.95. The lowest BCUT2D eigenvalue weighted by molar-refractivity contribution is -0.142. The van der Waals surface area contributed by atoms with E-state index in [2.05, 4.69) is 35.2 Å².